The smallest absolute Gasteiger partial charge is 0.0621 e. The van der Waals surface area contributed by atoms with Gasteiger partial charge in [-0.2, -0.15) is 0 Å². The van der Waals surface area contributed by atoms with Crippen LogP contribution in [0.5, 0.6) is 0 Å². The van der Waals surface area contributed by atoms with Crippen molar-refractivity contribution in [3.63, 3.8) is 0 Å². The zero-order valence-electron chi connectivity index (χ0n) is 8.32. The third-order valence-corrected chi connectivity index (χ3v) is 3.28. The van der Waals surface area contributed by atoms with Crippen LogP contribution in [0.2, 0.25) is 0 Å². The third kappa shape index (κ3) is 2.32. The number of allylic oxidation sites excluding steroid dienone is 1. The van der Waals surface area contributed by atoms with Crippen LogP contribution in [0.15, 0.2) is 12.7 Å². The van der Waals surface area contributed by atoms with Gasteiger partial charge in [0.05, 0.1) is 6.10 Å². The Morgan fingerprint density at radius 3 is 2.69 bits per heavy atom. The van der Waals surface area contributed by atoms with Crippen molar-refractivity contribution >= 4 is 0 Å². The summed E-state index contributed by atoms with van der Waals surface area (Å²) in [5.41, 5.74) is 0. The Hall–Kier alpha value is -0.340. The summed E-state index contributed by atoms with van der Waals surface area (Å²) < 4.78 is 0. The van der Waals surface area contributed by atoms with Crippen LogP contribution >= 0.6 is 0 Å². The highest BCUT2D eigenvalue weighted by molar-refractivity contribution is 4.91. The Kier molecular flexibility index (Phi) is 3.94. The van der Waals surface area contributed by atoms with E-state index in [9.17, 15) is 10.2 Å². The fraction of sp³-hybridized carbons (Fsp3) is 0.818. The molecule has 2 N–H and O–H groups in total. The van der Waals surface area contributed by atoms with Crippen molar-refractivity contribution in [1.82, 2.24) is 0 Å². The molecule has 0 bridgehead atoms. The van der Waals surface area contributed by atoms with Crippen LogP contribution in [0.25, 0.3) is 0 Å². The fourth-order valence-corrected chi connectivity index (χ4v) is 2.27. The highest BCUT2D eigenvalue weighted by atomic mass is 16.3. The molecule has 0 spiro atoms. The molecule has 1 rings (SSSR count). The van der Waals surface area contributed by atoms with Crippen molar-refractivity contribution in [2.75, 3.05) is 6.61 Å². The molecule has 0 aromatic rings. The van der Waals surface area contributed by atoms with Gasteiger partial charge < -0.3 is 10.2 Å². The maximum absolute atomic E-state index is 9.91. The molecule has 0 heterocycles. The van der Waals surface area contributed by atoms with Crippen LogP contribution in [-0.2, 0) is 0 Å². The van der Waals surface area contributed by atoms with Gasteiger partial charge in [0.2, 0.25) is 0 Å². The average Bonchev–Trinajstić information content (AvgIpc) is 2.27. The lowest BCUT2D eigenvalue weighted by atomic mass is 9.84. The monoisotopic (exact) mass is 184 g/mol. The summed E-state index contributed by atoms with van der Waals surface area (Å²) in [7, 11) is 0. The molecule has 0 amide bonds. The molecule has 0 saturated heterocycles. The van der Waals surface area contributed by atoms with Crippen molar-refractivity contribution in [3.05, 3.63) is 12.7 Å². The predicted octanol–water partition coefficient (Wildman–Crippen LogP) is 1.58. The molecule has 0 aromatic carbocycles. The van der Waals surface area contributed by atoms with Crippen LogP contribution in [0.4, 0.5) is 0 Å². The first-order valence-electron chi connectivity index (χ1n) is 5.12. The van der Waals surface area contributed by atoms with E-state index in [2.05, 4.69) is 13.5 Å². The topological polar surface area (TPSA) is 40.5 Å². The minimum Gasteiger partial charge on any atom is -0.396 e. The van der Waals surface area contributed by atoms with Gasteiger partial charge in [0.15, 0.2) is 0 Å². The molecule has 0 radical (unpaired) electrons. The molecule has 1 fully saturated rings. The Morgan fingerprint density at radius 2 is 2.15 bits per heavy atom. The molecule has 76 valence electrons. The summed E-state index contributed by atoms with van der Waals surface area (Å²) >= 11 is 0. The summed E-state index contributed by atoms with van der Waals surface area (Å²) in [6.45, 7) is 5.89. The Bertz CT molecular complexity index is 167. The van der Waals surface area contributed by atoms with Crippen LogP contribution in [-0.4, -0.2) is 22.9 Å². The second-order valence-electron chi connectivity index (χ2n) is 4.14. The third-order valence-electron chi connectivity index (χ3n) is 3.28. The second kappa shape index (κ2) is 4.77. The molecule has 1 aliphatic carbocycles. The summed E-state index contributed by atoms with van der Waals surface area (Å²) in [4.78, 5) is 0. The molecular weight excluding hydrogens is 164 g/mol. The SMILES string of the molecule is C=CC1CCCC(C)C(O)C1CO. The van der Waals surface area contributed by atoms with Gasteiger partial charge in [-0.3, -0.25) is 0 Å². The lowest BCUT2D eigenvalue weighted by molar-refractivity contribution is 0.0169. The van der Waals surface area contributed by atoms with Crippen LogP contribution < -0.4 is 0 Å². The van der Waals surface area contributed by atoms with Gasteiger partial charge in [-0.1, -0.05) is 19.4 Å². The summed E-state index contributed by atoms with van der Waals surface area (Å²) in [5, 5.41) is 19.1. The molecule has 2 heteroatoms. The molecule has 4 unspecified atom stereocenters. The van der Waals surface area contributed by atoms with Crippen molar-refractivity contribution < 1.29 is 10.2 Å². The van der Waals surface area contributed by atoms with Crippen molar-refractivity contribution in [2.45, 2.75) is 32.3 Å². The molecule has 1 aliphatic rings. The summed E-state index contributed by atoms with van der Waals surface area (Å²) in [5.74, 6) is 0.585. The largest absolute Gasteiger partial charge is 0.396 e. The summed E-state index contributed by atoms with van der Waals surface area (Å²) in [6.07, 6.45) is 4.75. The number of aliphatic hydroxyl groups excluding tert-OH is 2. The molecule has 1 saturated carbocycles. The lowest BCUT2D eigenvalue weighted by Gasteiger charge is -2.27. The van der Waals surface area contributed by atoms with E-state index in [1.807, 2.05) is 6.08 Å². The zero-order chi connectivity index (χ0) is 9.84. The highest BCUT2D eigenvalue weighted by Gasteiger charge is 2.32. The zero-order valence-corrected chi connectivity index (χ0v) is 8.32. The predicted molar refractivity (Wildman–Crippen MR) is 53.3 cm³/mol. The number of hydrogen-bond donors (Lipinski definition) is 2. The van der Waals surface area contributed by atoms with Gasteiger partial charge in [0.25, 0.3) is 0 Å². The number of aliphatic hydroxyl groups is 2. The normalized spacial score (nSPS) is 41.2. The van der Waals surface area contributed by atoms with Crippen LogP contribution in [0.1, 0.15) is 26.2 Å². The fourth-order valence-electron chi connectivity index (χ4n) is 2.27. The van der Waals surface area contributed by atoms with E-state index < -0.39 is 0 Å². The van der Waals surface area contributed by atoms with E-state index in [4.69, 9.17) is 0 Å². The van der Waals surface area contributed by atoms with E-state index >= 15 is 0 Å². The Balaban J connectivity index is 2.72. The van der Waals surface area contributed by atoms with E-state index in [0.29, 0.717) is 5.92 Å². The van der Waals surface area contributed by atoms with E-state index in [1.165, 1.54) is 0 Å². The van der Waals surface area contributed by atoms with Crippen LogP contribution in [0.3, 0.4) is 0 Å². The van der Waals surface area contributed by atoms with Gasteiger partial charge in [-0.25, -0.2) is 0 Å². The molecule has 0 aliphatic heterocycles. The molecule has 13 heavy (non-hydrogen) atoms. The number of rotatable bonds is 2. The Morgan fingerprint density at radius 1 is 1.46 bits per heavy atom. The maximum atomic E-state index is 9.91. The van der Waals surface area contributed by atoms with Gasteiger partial charge in [-0.15, -0.1) is 6.58 Å². The highest BCUT2D eigenvalue weighted by Crippen LogP contribution is 2.32. The quantitative estimate of drug-likeness (QED) is 0.505. The molecular formula is C11H20O2. The first kappa shape index (κ1) is 10.7. The molecule has 4 atom stereocenters. The van der Waals surface area contributed by atoms with Gasteiger partial charge >= 0.3 is 0 Å². The first-order chi connectivity index (χ1) is 6.20. The standard InChI is InChI=1S/C11H20O2/c1-3-9-6-4-5-8(2)11(13)10(9)7-12/h3,8-13H,1,4-7H2,2H3. The van der Waals surface area contributed by atoms with Crippen molar-refractivity contribution in [1.29, 1.82) is 0 Å². The average molecular weight is 184 g/mol. The van der Waals surface area contributed by atoms with Gasteiger partial charge in [0.1, 0.15) is 0 Å². The lowest BCUT2D eigenvalue weighted by Crippen LogP contribution is -2.32. The minimum atomic E-state index is -0.365. The van der Waals surface area contributed by atoms with Crippen molar-refractivity contribution in [2.24, 2.45) is 17.8 Å². The van der Waals surface area contributed by atoms with E-state index in [1.54, 1.807) is 0 Å². The molecule has 0 aromatic heterocycles. The molecule has 2 nitrogen and oxygen atoms in total. The van der Waals surface area contributed by atoms with Crippen LogP contribution in [0, 0.1) is 17.8 Å². The summed E-state index contributed by atoms with van der Waals surface area (Å²) in [6, 6.07) is 0. The number of hydrogen-bond acceptors (Lipinski definition) is 2. The minimum absolute atomic E-state index is 0.00463. The van der Waals surface area contributed by atoms with Gasteiger partial charge in [0, 0.05) is 12.5 Å². The second-order valence-corrected chi connectivity index (χ2v) is 4.14. The van der Waals surface area contributed by atoms with Gasteiger partial charge in [-0.05, 0) is 24.7 Å². The maximum Gasteiger partial charge on any atom is 0.0621 e. The Labute approximate surface area is 80.3 Å². The first-order valence-corrected chi connectivity index (χ1v) is 5.12. The van der Waals surface area contributed by atoms with E-state index in [0.717, 1.165) is 19.3 Å². The van der Waals surface area contributed by atoms with Crippen molar-refractivity contribution in [3.8, 4) is 0 Å². The van der Waals surface area contributed by atoms with E-state index in [-0.39, 0.29) is 24.5 Å².